The van der Waals surface area contributed by atoms with Crippen molar-refractivity contribution >= 4 is 0 Å². The Balaban J connectivity index is 2.63. The van der Waals surface area contributed by atoms with Gasteiger partial charge in [0.2, 0.25) is 0 Å². The van der Waals surface area contributed by atoms with Gasteiger partial charge in [0.1, 0.15) is 5.82 Å². The minimum Gasteiger partial charge on any atom is -0.207 e. The van der Waals surface area contributed by atoms with Gasteiger partial charge in [-0.05, 0) is 36.2 Å². The number of aryl methyl sites for hydroxylation is 1. The van der Waals surface area contributed by atoms with E-state index in [2.05, 4.69) is 0 Å². The fourth-order valence-corrected chi connectivity index (χ4v) is 1.62. The standard InChI is InChI=1S/C13H9F3/c1-8-5-9(7-10(14)6-8)11-3-2-4-12(15)13(11)16/h2-7H,1H3. The number of benzene rings is 2. The lowest BCUT2D eigenvalue weighted by Gasteiger charge is -2.05. The zero-order chi connectivity index (χ0) is 11.7. The van der Waals surface area contributed by atoms with Gasteiger partial charge < -0.3 is 0 Å². The molecule has 16 heavy (non-hydrogen) atoms. The van der Waals surface area contributed by atoms with E-state index in [9.17, 15) is 13.2 Å². The second-order valence-electron chi connectivity index (χ2n) is 3.62. The van der Waals surface area contributed by atoms with E-state index in [-0.39, 0.29) is 5.56 Å². The predicted molar refractivity (Wildman–Crippen MR) is 56.5 cm³/mol. The van der Waals surface area contributed by atoms with Crippen molar-refractivity contribution in [1.29, 1.82) is 0 Å². The highest BCUT2D eigenvalue weighted by molar-refractivity contribution is 5.65. The second-order valence-corrected chi connectivity index (χ2v) is 3.62. The molecule has 0 spiro atoms. The SMILES string of the molecule is Cc1cc(F)cc(-c2cccc(F)c2F)c1. The molecule has 0 saturated heterocycles. The van der Waals surface area contributed by atoms with E-state index in [4.69, 9.17) is 0 Å². The fourth-order valence-electron chi connectivity index (χ4n) is 1.62. The van der Waals surface area contributed by atoms with Crippen LogP contribution in [-0.4, -0.2) is 0 Å². The quantitative estimate of drug-likeness (QED) is 0.682. The lowest BCUT2D eigenvalue weighted by atomic mass is 10.0. The summed E-state index contributed by atoms with van der Waals surface area (Å²) < 4.78 is 39.6. The molecule has 0 bridgehead atoms. The average Bonchev–Trinajstić information content (AvgIpc) is 2.20. The van der Waals surface area contributed by atoms with E-state index in [1.54, 1.807) is 13.0 Å². The molecule has 0 aliphatic heterocycles. The van der Waals surface area contributed by atoms with Gasteiger partial charge in [-0.1, -0.05) is 18.2 Å². The minimum absolute atomic E-state index is 0.0719. The first kappa shape index (κ1) is 10.7. The van der Waals surface area contributed by atoms with Crippen LogP contribution in [0.15, 0.2) is 36.4 Å². The average molecular weight is 222 g/mol. The number of hydrogen-bond acceptors (Lipinski definition) is 0. The smallest absolute Gasteiger partial charge is 0.166 e. The highest BCUT2D eigenvalue weighted by atomic mass is 19.2. The summed E-state index contributed by atoms with van der Waals surface area (Å²) in [5.41, 5.74) is 1.08. The molecular weight excluding hydrogens is 213 g/mol. The van der Waals surface area contributed by atoms with Crippen molar-refractivity contribution in [2.45, 2.75) is 6.92 Å². The molecule has 82 valence electrons. The molecule has 0 aliphatic carbocycles. The van der Waals surface area contributed by atoms with Gasteiger partial charge >= 0.3 is 0 Å². The summed E-state index contributed by atoms with van der Waals surface area (Å²) in [4.78, 5) is 0. The van der Waals surface area contributed by atoms with Crippen LogP contribution in [0.25, 0.3) is 11.1 Å². The van der Waals surface area contributed by atoms with Gasteiger partial charge in [-0.3, -0.25) is 0 Å². The molecule has 0 saturated carbocycles. The van der Waals surface area contributed by atoms with Crippen molar-refractivity contribution in [2.75, 3.05) is 0 Å². The zero-order valence-corrected chi connectivity index (χ0v) is 8.60. The van der Waals surface area contributed by atoms with Crippen molar-refractivity contribution in [3.8, 4) is 11.1 Å². The Morgan fingerprint density at radius 2 is 1.69 bits per heavy atom. The van der Waals surface area contributed by atoms with Gasteiger partial charge in [-0.2, -0.15) is 0 Å². The van der Waals surface area contributed by atoms with E-state index in [1.807, 2.05) is 0 Å². The van der Waals surface area contributed by atoms with Gasteiger partial charge in [-0.25, -0.2) is 13.2 Å². The summed E-state index contributed by atoms with van der Waals surface area (Å²) in [6, 6.07) is 7.98. The van der Waals surface area contributed by atoms with Crippen LogP contribution in [0.2, 0.25) is 0 Å². The molecule has 0 atom stereocenters. The topological polar surface area (TPSA) is 0 Å². The van der Waals surface area contributed by atoms with E-state index in [0.717, 1.165) is 6.07 Å². The predicted octanol–water partition coefficient (Wildman–Crippen LogP) is 4.08. The number of hydrogen-bond donors (Lipinski definition) is 0. The summed E-state index contributed by atoms with van der Waals surface area (Å²) >= 11 is 0. The molecule has 3 heteroatoms. The minimum atomic E-state index is -0.951. The van der Waals surface area contributed by atoms with Crippen molar-refractivity contribution in [3.63, 3.8) is 0 Å². The maximum absolute atomic E-state index is 13.5. The maximum Gasteiger partial charge on any atom is 0.166 e. The van der Waals surface area contributed by atoms with Crippen molar-refractivity contribution in [3.05, 3.63) is 59.4 Å². The molecule has 0 radical (unpaired) electrons. The van der Waals surface area contributed by atoms with Crippen LogP contribution in [0.5, 0.6) is 0 Å². The zero-order valence-electron chi connectivity index (χ0n) is 8.60. The normalized spacial score (nSPS) is 10.5. The van der Waals surface area contributed by atoms with E-state index < -0.39 is 17.5 Å². The fraction of sp³-hybridized carbons (Fsp3) is 0.0769. The van der Waals surface area contributed by atoms with Crippen LogP contribution in [-0.2, 0) is 0 Å². The third-order valence-electron chi connectivity index (χ3n) is 2.30. The van der Waals surface area contributed by atoms with Gasteiger partial charge in [0.25, 0.3) is 0 Å². The number of rotatable bonds is 1. The molecule has 0 aliphatic rings. The molecule has 0 nitrogen and oxygen atoms in total. The van der Waals surface area contributed by atoms with Crippen LogP contribution in [0.4, 0.5) is 13.2 Å². The molecular formula is C13H9F3. The number of halogens is 3. The molecule has 2 aromatic carbocycles. The lowest BCUT2D eigenvalue weighted by Crippen LogP contribution is -1.90. The van der Waals surface area contributed by atoms with Gasteiger partial charge in [0, 0.05) is 5.56 Å². The molecule has 0 heterocycles. The highest BCUT2D eigenvalue weighted by Gasteiger charge is 2.10. The van der Waals surface area contributed by atoms with Crippen LogP contribution in [0, 0.1) is 24.4 Å². The first-order valence-electron chi connectivity index (χ1n) is 4.79. The Bertz CT molecular complexity index is 512. The molecule has 0 N–H and O–H groups in total. The van der Waals surface area contributed by atoms with Gasteiger partial charge in [0.15, 0.2) is 11.6 Å². The first-order chi connectivity index (χ1) is 7.58. The third-order valence-corrected chi connectivity index (χ3v) is 2.30. The maximum atomic E-state index is 13.5. The van der Waals surface area contributed by atoms with Crippen molar-refractivity contribution in [1.82, 2.24) is 0 Å². The molecule has 0 amide bonds. The first-order valence-corrected chi connectivity index (χ1v) is 4.79. The van der Waals surface area contributed by atoms with E-state index in [0.29, 0.717) is 11.1 Å². The van der Waals surface area contributed by atoms with E-state index in [1.165, 1.54) is 24.3 Å². The van der Waals surface area contributed by atoms with Crippen LogP contribution in [0.1, 0.15) is 5.56 Å². The Hall–Kier alpha value is -1.77. The van der Waals surface area contributed by atoms with Crippen molar-refractivity contribution < 1.29 is 13.2 Å². The Morgan fingerprint density at radius 1 is 0.938 bits per heavy atom. The summed E-state index contributed by atoms with van der Waals surface area (Å²) in [6.07, 6.45) is 0. The molecule has 2 rings (SSSR count). The Kier molecular flexibility index (Phi) is 2.69. The van der Waals surface area contributed by atoms with Crippen LogP contribution >= 0.6 is 0 Å². The summed E-state index contributed by atoms with van der Waals surface area (Å²) in [5.74, 6) is -2.34. The van der Waals surface area contributed by atoms with Crippen LogP contribution in [0.3, 0.4) is 0 Å². The third kappa shape index (κ3) is 1.94. The molecule has 0 aromatic heterocycles. The highest BCUT2D eigenvalue weighted by Crippen LogP contribution is 2.25. The summed E-state index contributed by atoms with van der Waals surface area (Å²) in [6.45, 7) is 1.70. The molecule has 0 fully saturated rings. The van der Waals surface area contributed by atoms with Crippen molar-refractivity contribution in [2.24, 2.45) is 0 Å². The van der Waals surface area contributed by atoms with E-state index >= 15 is 0 Å². The molecule has 2 aromatic rings. The Labute approximate surface area is 91.4 Å². The Morgan fingerprint density at radius 3 is 2.38 bits per heavy atom. The lowest BCUT2D eigenvalue weighted by molar-refractivity contribution is 0.511. The van der Waals surface area contributed by atoms with Gasteiger partial charge in [0.05, 0.1) is 0 Å². The summed E-state index contributed by atoms with van der Waals surface area (Å²) in [5, 5.41) is 0. The molecule has 0 unspecified atom stereocenters. The van der Waals surface area contributed by atoms with Crippen LogP contribution < -0.4 is 0 Å². The monoisotopic (exact) mass is 222 g/mol. The van der Waals surface area contributed by atoms with Gasteiger partial charge in [-0.15, -0.1) is 0 Å². The second kappa shape index (κ2) is 4.00. The largest absolute Gasteiger partial charge is 0.207 e. The summed E-state index contributed by atoms with van der Waals surface area (Å²) in [7, 11) is 0.